The number of rotatable bonds is 10. The van der Waals surface area contributed by atoms with Gasteiger partial charge in [-0.3, -0.25) is 14.4 Å². The number of allylic oxidation sites excluding steroid dienone is 1. The van der Waals surface area contributed by atoms with Crippen LogP contribution in [0.5, 0.6) is 0 Å². The summed E-state index contributed by atoms with van der Waals surface area (Å²) in [5.74, 6) is 5.74. The van der Waals surface area contributed by atoms with E-state index in [-0.39, 0.29) is 17.9 Å². The summed E-state index contributed by atoms with van der Waals surface area (Å²) >= 11 is 0. The van der Waals surface area contributed by atoms with Crippen molar-refractivity contribution in [2.45, 2.75) is 65.1 Å². The second-order valence-corrected chi connectivity index (χ2v) is 9.93. The third kappa shape index (κ3) is 8.34. The minimum Gasteiger partial charge on any atom is -0.403 e. The first-order chi connectivity index (χ1) is 18.1. The maximum Gasteiger partial charge on any atom is 0.247 e. The molecule has 0 aromatic heterocycles. The van der Waals surface area contributed by atoms with Crippen LogP contribution in [0.2, 0.25) is 0 Å². The Kier molecular flexibility index (Phi) is 11.8. The molecule has 0 bridgehead atoms. The molecule has 7 N–H and O–H groups in total. The van der Waals surface area contributed by atoms with Gasteiger partial charge in [0.05, 0.1) is 0 Å². The van der Waals surface area contributed by atoms with Crippen molar-refractivity contribution in [1.82, 2.24) is 15.2 Å². The van der Waals surface area contributed by atoms with E-state index in [1.807, 2.05) is 80.3 Å². The number of benzene rings is 2. The minimum atomic E-state index is -0.671. The van der Waals surface area contributed by atoms with Gasteiger partial charge in [-0.15, -0.1) is 0 Å². The maximum absolute atomic E-state index is 12.6. The molecule has 9 heteroatoms. The van der Waals surface area contributed by atoms with Gasteiger partial charge in [0.15, 0.2) is 0 Å². The number of hydrogen-bond acceptors (Lipinski definition) is 6. The molecule has 1 aliphatic rings. The van der Waals surface area contributed by atoms with Crippen molar-refractivity contribution in [2.75, 3.05) is 6.54 Å². The third-order valence-corrected chi connectivity index (χ3v) is 6.78. The van der Waals surface area contributed by atoms with Crippen molar-refractivity contribution in [3.05, 3.63) is 72.1 Å². The quantitative estimate of drug-likeness (QED) is 0.214. The van der Waals surface area contributed by atoms with Gasteiger partial charge < -0.3 is 26.7 Å². The topological polar surface area (TPSA) is 148 Å². The maximum atomic E-state index is 12.6. The first-order valence-corrected chi connectivity index (χ1v) is 13.0. The van der Waals surface area contributed by atoms with Crippen LogP contribution in [-0.4, -0.2) is 52.8 Å². The van der Waals surface area contributed by atoms with Crippen molar-refractivity contribution in [1.29, 1.82) is 0 Å². The molecule has 2 unspecified atom stereocenters. The fraction of sp³-hybridized carbons (Fsp3) is 0.414. The molecule has 3 rings (SSSR count). The molecule has 3 atom stereocenters. The van der Waals surface area contributed by atoms with E-state index >= 15 is 0 Å². The van der Waals surface area contributed by atoms with Crippen LogP contribution in [0.25, 0.3) is 11.1 Å². The van der Waals surface area contributed by atoms with Gasteiger partial charge in [-0.1, -0.05) is 68.4 Å². The predicted octanol–water partition coefficient (Wildman–Crippen LogP) is 2.51. The zero-order valence-electron chi connectivity index (χ0n) is 22.8. The van der Waals surface area contributed by atoms with Crippen molar-refractivity contribution in [2.24, 2.45) is 23.2 Å². The monoisotopic (exact) mass is 522 g/mol. The van der Waals surface area contributed by atoms with Gasteiger partial charge in [-0.2, -0.15) is 0 Å². The molecule has 2 aromatic rings. The van der Waals surface area contributed by atoms with Gasteiger partial charge in [0.2, 0.25) is 18.2 Å². The predicted molar refractivity (Wildman–Crippen MR) is 151 cm³/mol. The molecule has 9 nitrogen and oxygen atoms in total. The molecule has 0 spiro atoms. The van der Waals surface area contributed by atoms with E-state index in [0.29, 0.717) is 24.6 Å². The fourth-order valence-corrected chi connectivity index (χ4v) is 4.48. The SMILES string of the molecule is C/C(=C/N)N(N)C(C(=O)N1CCCC1C)C(C)C.NC(=O)[C@@H](Cc1ccc(-c2ccccc2)cc1)NC=O. The average Bonchev–Trinajstić information content (AvgIpc) is 3.34. The fourth-order valence-electron chi connectivity index (χ4n) is 4.48. The molecular weight excluding hydrogens is 480 g/mol. The number of nitrogens with two attached hydrogens (primary N) is 3. The zero-order chi connectivity index (χ0) is 28.2. The number of likely N-dealkylation sites (tertiary alicyclic amines) is 1. The molecule has 0 aliphatic carbocycles. The Morgan fingerprint density at radius 3 is 2.18 bits per heavy atom. The number of amides is 3. The van der Waals surface area contributed by atoms with E-state index < -0.39 is 11.9 Å². The Hall–Kier alpha value is -3.85. The Morgan fingerprint density at radius 1 is 1.11 bits per heavy atom. The Balaban J connectivity index is 0.000000269. The van der Waals surface area contributed by atoms with Gasteiger partial charge >= 0.3 is 0 Å². The molecule has 1 aliphatic heterocycles. The third-order valence-electron chi connectivity index (χ3n) is 6.78. The second kappa shape index (κ2) is 14.8. The minimum absolute atomic E-state index is 0.110. The number of nitrogens with one attached hydrogen (secondary N) is 1. The summed E-state index contributed by atoms with van der Waals surface area (Å²) in [5, 5.41) is 3.92. The second-order valence-electron chi connectivity index (χ2n) is 9.93. The van der Waals surface area contributed by atoms with Crippen LogP contribution in [0.4, 0.5) is 0 Å². The van der Waals surface area contributed by atoms with Crippen molar-refractivity contribution >= 4 is 18.2 Å². The van der Waals surface area contributed by atoms with Crippen molar-refractivity contribution in [3.63, 3.8) is 0 Å². The average molecular weight is 523 g/mol. The molecular formula is C29H42N6O3. The highest BCUT2D eigenvalue weighted by Gasteiger charge is 2.35. The van der Waals surface area contributed by atoms with Gasteiger partial charge in [0.25, 0.3) is 0 Å². The van der Waals surface area contributed by atoms with Crippen LogP contribution in [0.15, 0.2) is 66.5 Å². The highest BCUT2D eigenvalue weighted by Crippen LogP contribution is 2.22. The largest absolute Gasteiger partial charge is 0.403 e. The first-order valence-electron chi connectivity index (χ1n) is 13.0. The van der Waals surface area contributed by atoms with E-state index in [1.165, 1.54) is 11.2 Å². The summed E-state index contributed by atoms with van der Waals surface area (Å²) < 4.78 is 0. The van der Waals surface area contributed by atoms with E-state index in [1.54, 1.807) is 0 Å². The Morgan fingerprint density at radius 2 is 1.71 bits per heavy atom. The number of hydrazine groups is 1. The van der Waals surface area contributed by atoms with Crippen molar-refractivity contribution in [3.8, 4) is 11.1 Å². The lowest BCUT2D eigenvalue weighted by Gasteiger charge is -2.35. The Bertz CT molecular complexity index is 1070. The summed E-state index contributed by atoms with van der Waals surface area (Å²) in [6.07, 6.45) is 4.48. The zero-order valence-corrected chi connectivity index (χ0v) is 22.8. The lowest BCUT2D eigenvalue weighted by atomic mass is 10.0. The number of carbonyl (C=O) groups excluding carboxylic acids is 3. The van der Waals surface area contributed by atoms with Gasteiger partial charge in [0, 0.05) is 30.9 Å². The van der Waals surface area contributed by atoms with Crippen LogP contribution in [0.3, 0.4) is 0 Å². The smallest absolute Gasteiger partial charge is 0.247 e. The lowest BCUT2D eigenvalue weighted by molar-refractivity contribution is -0.138. The number of primary amides is 1. The van der Waals surface area contributed by atoms with Crippen LogP contribution >= 0.6 is 0 Å². The summed E-state index contributed by atoms with van der Waals surface area (Å²) in [5.41, 5.74) is 14.6. The number of nitrogens with zero attached hydrogens (tertiary/aromatic N) is 2. The lowest BCUT2D eigenvalue weighted by Crippen LogP contribution is -2.54. The normalized spacial score (nSPS) is 16.7. The summed E-state index contributed by atoms with van der Waals surface area (Å²) in [6, 6.07) is 17.2. The number of carbonyl (C=O) groups is 3. The molecule has 3 amide bonds. The van der Waals surface area contributed by atoms with E-state index in [2.05, 4.69) is 12.2 Å². The molecule has 1 heterocycles. The van der Waals surface area contributed by atoms with Gasteiger partial charge in [0.1, 0.15) is 12.1 Å². The number of hydrogen-bond donors (Lipinski definition) is 4. The van der Waals surface area contributed by atoms with Crippen LogP contribution in [0.1, 0.15) is 46.1 Å². The first kappa shape index (κ1) is 30.4. The molecule has 206 valence electrons. The van der Waals surface area contributed by atoms with Crippen LogP contribution in [0, 0.1) is 5.92 Å². The van der Waals surface area contributed by atoms with Crippen LogP contribution in [-0.2, 0) is 20.8 Å². The summed E-state index contributed by atoms with van der Waals surface area (Å²) in [6.45, 7) is 8.76. The van der Waals surface area contributed by atoms with Gasteiger partial charge in [-0.05, 0) is 49.3 Å². The van der Waals surface area contributed by atoms with Crippen molar-refractivity contribution < 1.29 is 14.4 Å². The highest BCUT2D eigenvalue weighted by molar-refractivity contribution is 5.83. The van der Waals surface area contributed by atoms with E-state index in [4.69, 9.17) is 17.3 Å². The standard InChI is InChI=1S/C16H16N2O2.C13H26N4O/c17-16(20)15(18-11-19)10-12-6-8-14(9-7-12)13-4-2-1-3-5-13;1-9(2)12(17(15)11(4)8-14)13(18)16-7-5-6-10(16)3/h1-9,11,15H,10H2,(H2,17,20)(H,18,19);8-10,12H,5-7,14-15H2,1-4H3/b;11-8-/t15-;/m1./s1. The van der Waals surface area contributed by atoms with Gasteiger partial charge in [-0.25, -0.2) is 5.84 Å². The highest BCUT2D eigenvalue weighted by atomic mass is 16.2. The summed E-state index contributed by atoms with van der Waals surface area (Å²) in [4.78, 5) is 36.1. The van der Waals surface area contributed by atoms with Crippen LogP contribution < -0.4 is 22.6 Å². The molecule has 38 heavy (non-hydrogen) atoms. The summed E-state index contributed by atoms with van der Waals surface area (Å²) in [7, 11) is 0. The molecule has 2 aromatic carbocycles. The molecule has 1 saturated heterocycles. The molecule has 0 saturated carbocycles. The Labute approximate surface area is 226 Å². The molecule has 0 radical (unpaired) electrons. The van der Waals surface area contributed by atoms with E-state index in [0.717, 1.165) is 36.1 Å². The van der Waals surface area contributed by atoms with E-state index in [9.17, 15) is 14.4 Å². The molecule has 1 fully saturated rings.